The van der Waals surface area contributed by atoms with Gasteiger partial charge in [-0.2, -0.15) is 0 Å². The molecule has 3 nitrogen and oxygen atoms in total. The maximum absolute atomic E-state index is 10.7. The fourth-order valence-corrected chi connectivity index (χ4v) is 11.1. The second kappa shape index (κ2) is 6.80. The minimum Gasteiger partial charge on any atom is -0.393 e. The minimum absolute atomic E-state index is 0.0766. The van der Waals surface area contributed by atoms with Crippen molar-refractivity contribution in [3.8, 4) is 0 Å². The first-order valence-corrected chi connectivity index (χ1v) is 14.4. The highest BCUT2D eigenvalue weighted by molar-refractivity contribution is 5.37. The standard InChI is InChI=1S/C30H50O3/c1-19(2)28(18-32-28)14-8-20(3)22-9-13-27(7)25(22,5)16-17-29-26(6)12-11-24(31)21(4)23(26)10-15-30(27,29)33-29/h19-24,31H,8-18H2,1-7H3/t20-,21+,22-,23+,24+,25-,26+,27-,28?,29+,30+/m1/s1. The van der Waals surface area contributed by atoms with Crippen LogP contribution in [0.15, 0.2) is 0 Å². The monoisotopic (exact) mass is 458 g/mol. The van der Waals surface area contributed by atoms with Gasteiger partial charge in [-0.25, -0.2) is 0 Å². The van der Waals surface area contributed by atoms with E-state index in [9.17, 15) is 5.11 Å². The van der Waals surface area contributed by atoms with Crippen molar-refractivity contribution >= 4 is 0 Å². The summed E-state index contributed by atoms with van der Waals surface area (Å²) >= 11 is 0. The Hall–Kier alpha value is -0.120. The molecule has 0 radical (unpaired) electrons. The number of hydrogen-bond acceptors (Lipinski definition) is 3. The molecule has 4 aliphatic carbocycles. The number of aliphatic hydroxyl groups excluding tert-OH is 1. The van der Waals surface area contributed by atoms with E-state index >= 15 is 0 Å². The molecular formula is C30H50O3. The summed E-state index contributed by atoms with van der Waals surface area (Å²) in [6.45, 7) is 18.4. The Balaban J connectivity index is 1.26. The molecule has 0 aromatic carbocycles. The Morgan fingerprint density at radius 3 is 2.27 bits per heavy atom. The SMILES string of the molecule is CC(C)C1(CC[C@@H](C)[C@H]2CC[C@@]3(C)[C@@]45CC[C@H]6[C@H](C)[C@@H](O)CC[C@]6(C)[C@]4(CC[C@]23C)O5)CO1. The van der Waals surface area contributed by atoms with Gasteiger partial charge in [-0.15, -0.1) is 0 Å². The average Bonchev–Trinajstić information content (AvgIpc) is 3.66. The summed E-state index contributed by atoms with van der Waals surface area (Å²) in [7, 11) is 0. The molecule has 11 atom stereocenters. The summed E-state index contributed by atoms with van der Waals surface area (Å²) in [5, 5.41) is 10.7. The molecule has 0 aromatic rings. The Labute approximate surface area is 202 Å². The molecule has 0 aromatic heterocycles. The molecule has 33 heavy (non-hydrogen) atoms. The van der Waals surface area contributed by atoms with Gasteiger partial charge in [0.1, 0.15) is 11.2 Å². The van der Waals surface area contributed by atoms with Gasteiger partial charge < -0.3 is 14.6 Å². The Bertz CT molecular complexity index is 819. The lowest BCUT2D eigenvalue weighted by molar-refractivity contribution is -0.126. The Morgan fingerprint density at radius 1 is 0.879 bits per heavy atom. The zero-order chi connectivity index (χ0) is 23.7. The van der Waals surface area contributed by atoms with Crippen LogP contribution in [0.5, 0.6) is 0 Å². The van der Waals surface area contributed by atoms with Crippen molar-refractivity contribution in [2.45, 2.75) is 136 Å². The molecule has 3 heteroatoms. The fourth-order valence-electron chi connectivity index (χ4n) is 11.1. The van der Waals surface area contributed by atoms with E-state index in [0.717, 1.165) is 31.3 Å². The first kappa shape index (κ1) is 23.3. The first-order valence-electron chi connectivity index (χ1n) is 14.4. The summed E-state index contributed by atoms with van der Waals surface area (Å²) in [6, 6.07) is 0. The highest BCUT2D eigenvalue weighted by atomic mass is 16.6. The molecule has 2 aliphatic heterocycles. The molecule has 188 valence electrons. The first-order chi connectivity index (χ1) is 15.4. The van der Waals surface area contributed by atoms with Gasteiger partial charge in [0, 0.05) is 10.8 Å². The smallest absolute Gasteiger partial charge is 0.104 e. The van der Waals surface area contributed by atoms with E-state index < -0.39 is 0 Å². The highest BCUT2D eigenvalue weighted by Crippen LogP contribution is 2.85. The lowest BCUT2D eigenvalue weighted by Crippen LogP contribution is -2.64. The van der Waals surface area contributed by atoms with E-state index in [4.69, 9.17) is 9.47 Å². The number of epoxide rings is 2. The summed E-state index contributed by atoms with van der Waals surface area (Å²) in [5.74, 6) is 3.23. The molecule has 4 saturated carbocycles. The van der Waals surface area contributed by atoms with Crippen molar-refractivity contribution in [1.82, 2.24) is 0 Å². The van der Waals surface area contributed by atoms with Crippen molar-refractivity contribution < 1.29 is 14.6 Å². The van der Waals surface area contributed by atoms with Crippen LogP contribution in [0.1, 0.15) is 113 Å². The largest absolute Gasteiger partial charge is 0.393 e. The van der Waals surface area contributed by atoms with Gasteiger partial charge in [0.05, 0.1) is 18.3 Å². The van der Waals surface area contributed by atoms with Gasteiger partial charge in [-0.05, 0) is 99.2 Å². The van der Waals surface area contributed by atoms with Gasteiger partial charge in [-0.3, -0.25) is 0 Å². The molecule has 1 N–H and O–H groups in total. The molecule has 6 fully saturated rings. The highest BCUT2D eigenvalue weighted by Gasteiger charge is 2.89. The number of ether oxygens (including phenoxy) is 2. The van der Waals surface area contributed by atoms with Crippen molar-refractivity contribution in [3.63, 3.8) is 0 Å². The van der Waals surface area contributed by atoms with E-state index in [1.807, 2.05) is 0 Å². The molecule has 6 aliphatic rings. The maximum Gasteiger partial charge on any atom is 0.104 e. The Kier molecular flexibility index (Phi) is 4.80. The minimum atomic E-state index is -0.114. The summed E-state index contributed by atoms with van der Waals surface area (Å²) in [5.41, 5.74) is 1.26. The van der Waals surface area contributed by atoms with Gasteiger partial charge >= 0.3 is 0 Å². The second-order valence-electron chi connectivity index (χ2n) is 14.7. The Morgan fingerprint density at radius 2 is 1.61 bits per heavy atom. The van der Waals surface area contributed by atoms with E-state index in [0.29, 0.717) is 23.2 Å². The normalized spacial score (nSPS) is 59.9. The van der Waals surface area contributed by atoms with E-state index in [-0.39, 0.29) is 33.7 Å². The summed E-state index contributed by atoms with van der Waals surface area (Å²) in [4.78, 5) is 0. The van der Waals surface area contributed by atoms with Gasteiger partial charge in [-0.1, -0.05) is 48.5 Å². The number of fused-ring (bicyclic) bond motifs is 2. The number of aliphatic hydroxyl groups is 1. The van der Waals surface area contributed by atoms with Crippen molar-refractivity contribution in [2.24, 2.45) is 45.8 Å². The number of rotatable bonds is 5. The van der Waals surface area contributed by atoms with Crippen LogP contribution in [0.3, 0.4) is 0 Å². The third kappa shape index (κ3) is 2.54. The number of hydrogen-bond donors (Lipinski definition) is 1. The zero-order valence-electron chi connectivity index (χ0n) is 22.5. The van der Waals surface area contributed by atoms with Crippen LogP contribution in [0.25, 0.3) is 0 Å². The summed E-state index contributed by atoms with van der Waals surface area (Å²) in [6.07, 6.45) is 12.3. The quantitative estimate of drug-likeness (QED) is 0.463. The third-order valence-corrected chi connectivity index (χ3v) is 13.9. The predicted octanol–water partition coefficient (Wildman–Crippen LogP) is 6.76. The third-order valence-electron chi connectivity index (χ3n) is 13.9. The maximum atomic E-state index is 10.7. The van der Waals surface area contributed by atoms with Crippen LogP contribution < -0.4 is 0 Å². The van der Waals surface area contributed by atoms with Crippen LogP contribution in [0, 0.1) is 45.8 Å². The topological polar surface area (TPSA) is 45.3 Å². The van der Waals surface area contributed by atoms with Crippen LogP contribution in [-0.4, -0.2) is 34.6 Å². The van der Waals surface area contributed by atoms with E-state index in [1.54, 1.807) is 0 Å². The van der Waals surface area contributed by atoms with Crippen LogP contribution in [-0.2, 0) is 9.47 Å². The summed E-state index contributed by atoms with van der Waals surface area (Å²) < 4.78 is 13.2. The second-order valence-corrected chi connectivity index (χ2v) is 14.7. The van der Waals surface area contributed by atoms with Crippen LogP contribution in [0.2, 0.25) is 0 Å². The molecule has 0 spiro atoms. The molecule has 1 unspecified atom stereocenters. The van der Waals surface area contributed by atoms with Gasteiger partial charge in [0.25, 0.3) is 0 Å². The molecular weight excluding hydrogens is 408 g/mol. The molecule has 2 heterocycles. The lowest BCUT2D eigenvalue weighted by Gasteiger charge is -2.62. The fraction of sp³-hybridized carbons (Fsp3) is 1.00. The molecule has 0 bridgehead atoms. The van der Waals surface area contributed by atoms with Gasteiger partial charge in [0.2, 0.25) is 0 Å². The van der Waals surface area contributed by atoms with Gasteiger partial charge in [0.15, 0.2) is 0 Å². The van der Waals surface area contributed by atoms with E-state index in [1.165, 1.54) is 51.4 Å². The van der Waals surface area contributed by atoms with Crippen LogP contribution in [0.4, 0.5) is 0 Å². The molecule has 0 amide bonds. The zero-order valence-corrected chi connectivity index (χ0v) is 22.5. The average molecular weight is 459 g/mol. The predicted molar refractivity (Wildman–Crippen MR) is 132 cm³/mol. The molecule has 2 saturated heterocycles. The van der Waals surface area contributed by atoms with Crippen molar-refractivity contribution in [3.05, 3.63) is 0 Å². The van der Waals surface area contributed by atoms with Crippen molar-refractivity contribution in [1.29, 1.82) is 0 Å². The van der Waals surface area contributed by atoms with Crippen LogP contribution >= 0.6 is 0 Å². The molecule has 6 rings (SSSR count). The van der Waals surface area contributed by atoms with Crippen molar-refractivity contribution in [2.75, 3.05) is 6.61 Å². The van der Waals surface area contributed by atoms with E-state index in [2.05, 4.69) is 48.5 Å². The lowest BCUT2D eigenvalue weighted by atomic mass is 9.39.